The zero-order chi connectivity index (χ0) is 31.3. The lowest BCUT2D eigenvalue weighted by Crippen LogP contribution is -2.61. The molecule has 0 saturated carbocycles. The van der Waals surface area contributed by atoms with Crippen molar-refractivity contribution < 1.29 is 23.8 Å². The van der Waals surface area contributed by atoms with Crippen molar-refractivity contribution in [2.45, 2.75) is 31.3 Å². The summed E-state index contributed by atoms with van der Waals surface area (Å²) < 4.78 is 21.3. The highest BCUT2D eigenvalue weighted by atomic mass is 35.5. The second-order valence-corrected chi connectivity index (χ2v) is 11.4. The number of primary amides is 1. The van der Waals surface area contributed by atoms with Crippen molar-refractivity contribution >= 4 is 23.4 Å². The molecule has 1 aliphatic heterocycles. The third-order valence-corrected chi connectivity index (χ3v) is 8.54. The molecule has 0 spiro atoms. The smallest absolute Gasteiger partial charge is 0.270 e. The molecule has 2 heterocycles. The van der Waals surface area contributed by atoms with E-state index in [9.17, 15) is 14.0 Å². The van der Waals surface area contributed by atoms with Gasteiger partial charge in [-0.2, -0.15) is 0 Å². The zero-order valence-corrected chi connectivity index (χ0v) is 25.3. The second kappa shape index (κ2) is 13.6. The number of hydrogen-bond acceptors (Lipinski definition) is 5. The van der Waals surface area contributed by atoms with Crippen molar-refractivity contribution in [3.8, 4) is 28.1 Å². The first kappa shape index (κ1) is 31.3. The molecule has 5 rings (SSSR count). The van der Waals surface area contributed by atoms with Crippen LogP contribution < -0.4 is 15.8 Å². The molecule has 3 aromatic carbocycles. The number of aromatic nitrogens is 1. The number of carbonyl (C=O) groups excluding carboxylic acids is 2. The van der Waals surface area contributed by atoms with Crippen LogP contribution in [-0.2, 0) is 18.4 Å². The third kappa shape index (κ3) is 6.65. The molecule has 0 bridgehead atoms. The minimum Gasteiger partial charge on any atom is -0.494 e. The number of halogens is 2. The molecule has 4 aromatic rings. The molecule has 0 atom stereocenters. The lowest BCUT2D eigenvalue weighted by molar-refractivity contribution is -0.126. The molecule has 0 unspecified atom stereocenters. The highest BCUT2D eigenvalue weighted by Gasteiger charge is 2.41. The number of carbonyl (C=O) groups is 2. The summed E-state index contributed by atoms with van der Waals surface area (Å²) in [7, 11) is 1.85. The molecule has 230 valence electrons. The molecule has 1 fully saturated rings. The summed E-state index contributed by atoms with van der Waals surface area (Å²) in [5.74, 6) is -0.325. The van der Waals surface area contributed by atoms with E-state index in [-0.39, 0.29) is 24.9 Å². The Morgan fingerprint density at radius 3 is 2.41 bits per heavy atom. The SMILES string of the molecule is Cn1c(C(=O)N2CCC(NCc3cccc(F)c3)(C(N)=O)CC2)cc(-c2ccccc2Cl)c1-c1ccc(OCCCO)cc1. The fourth-order valence-electron chi connectivity index (χ4n) is 5.69. The minimum atomic E-state index is -1.01. The van der Waals surface area contributed by atoms with Crippen molar-refractivity contribution in [3.63, 3.8) is 0 Å². The monoisotopic (exact) mass is 618 g/mol. The number of amides is 2. The summed E-state index contributed by atoms with van der Waals surface area (Å²) in [5, 5.41) is 12.9. The Labute approximate surface area is 261 Å². The van der Waals surface area contributed by atoms with Crippen molar-refractivity contribution in [2.75, 3.05) is 26.3 Å². The van der Waals surface area contributed by atoms with Crippen molar-refractivity contribution in [3.05, 3.63) is 101 Å². The van der Waals surface area contributed by atoms with Gasteiger partial charge in [0.2, 0.25) is 5.91 Å². The van der Waals surface area contributed by atoms with Gasteiger partial charge in [-0.25, -0.2) is 4.39 Å². The normalized spacial score (nSPS) is 14.4. The van der Waals surface area contributed by atoms with Gasteiger partial charge in [0.05, 0.1) is 12.3 Å². The Morgan fingerprint density at radius 1 is 1.02 bits per heavy atom. The summed E-state index contributed by atoms with van der Waals surface area (Å²) in [6.45, 7) is 1.39. The maximum atomic E-state index is 14.0. The first-order valence-electron chi connectivity index (χ1n) is 14.6. The number of nitrogens with zero attached hydrogens (tertiary/aromatic N) is 2. The van der Waals surface area contributed by atoms with E-state index in [2.05, 4.69) is 5.32 Å². The van der Waals surface area contributed by atoms with Crippen LogP contribution in [0.15, 0.2) is 78.9 Å². The molecule has 10 heteroatoms. The van der Waals surface area contributed by atoms with E-state index < -0.39 is 11.4 Å². The molecule has 8 nitrogen and oxygen atoms in total. The van der Waals surface area contributed by atoms with Gasteiger partial charge in [-0.3, -0.25) is 14.9 Å². The van der Waals surface area contributed by atoms with E-state index in [1.54, 1.807) is 17.0 Å². The van der Waals surface area contributed by atoms with Crippen molar-refractivity contribution in [1.82, 2.24) is 14.8 Å². The van der Waals surface area contributed by atoms with Gasteiger partial charge in [-0.05, 0) is 72.5 Å². The Balaban J connectivity index is 1.40. The number of aliphatic hydroxyl groups excluding tert-OH is 1. The Hall–Kier alpha value is -4.18. The Bertz CT molecular complexity index is 1630. The van der Waals surface area contributed by atoms with Crippen LogP contribution in [0.1, 0.15) is 35.3 Å². The molecule has 1 aliphatic rings. The van der Waals surface area contributed by atoms with Crippen LogP contribution in [0.2, 0.25) is 5.02 Å². The summed E-state index contributed by atoms with van der Waals surface area (Å²) in [6, 6.07) is 23.2. The number of hydrogen-bond donors (Lipinski definition) is 3. The second-order valence-electron chi connectivity index (χ2n) is 11.0. The summed E-state index contributed by atoms with van der Waals surface area (Å²) in [4.78, 5) is 28.3. The third-order valence-electron chi connectivity index (χ3n) is 8.21. The standard InChI is InChI=1S/C34H36ClFN4O4/c1-39-30(32(42)40-16-14-34(15-17-40,33(37)43)38-22-23-6-4-7-25(36)20-23)21-28(27-8-2-3-9-29(27)35)31(39)24-10-12-26(13-11-24)44-19-5-18-41/h2-4,6-13,20-21,38,41H,5,14-19,22H2,1H3,(H2,37,43). The quantitative estimate of drug-likeness (QED) is 0.201. The first-order chi connectivity index (χ1) is 21.2. The number of piperidine rings is 1. The molecule has 0 aliphatic carbocycles. The lowest BCUT2D eigenvalue weighted by Gasteiger charge is -2.40. The van der Waals surface area contributed by atoms with Crippen molar-refractivity contribution in [1.29, 1.82) is 0 Å². The highest BCUT2D eigenvalue weighted by Crippen LogP contribution is 2.39. The summed E-state index contributed by atoms with van der Waals surface area (Å²) >= 11 is 6.63. The van der Waals surface area contributed by atoms with Gasteiger partial charge in [0.15, 0.2) is 0 Å². The number of nitrogens with one attached hydrogen (secondary N) is 1. The molecule has 2 amide bonds. The van der Waals surface area contributed by atoms with Crippen LogP contribution in [0, 0.1) is 5.82 Å². The van der Waals surface area contributed by atoms with Gasteiger partial charge in [0.1, 0.15) is 22.8 Å². The molecule has 1 aromatic heterocycles. The molecular formula is C34H36ClFN4O4. The van der Waals surface area contributed by atoms with Gasteiger partial charge < -0.3 is 25.0 Å². The predicted octanol–water partition coefficient (Wildman–Crippen LogP) is 5.16. The van der Waals surface area contributed by atoms with Crippen LogP contribution in [0.3, 0.4) is 0 Å². The zero-order valence-electron chi connectivity index (χ0n) is 24.6. The molecule has 4 N–H and O–H groups in total. The fourth-order valence-corrected chi connectivity index (χ4v) is 5.93. The number of rotatable bonds is 11. The van der Waals surface area contributed by atoms with E-state index in [0.717, 1.165) is 22.4 Å². The first-order valence-corrected chi connectivity index (χ1v) is 15.0. The largest absolute Gasteiger partial charge is 0.494 e. The van der Waals surface area contributed by atoms with Gasteiger partial charge in [-0.15, -0.1) is 0 Å². The number of likely N-dealkylation sites (tertiary alicyclic amines) is 1. The highest BCUT2D eigenvalue weighted by molar-refractivity contribution is 6.33. The van der Waals surface area contributed by atoms with Gasteiger partial charge in [-0.1, -0.05) is 41.9 Å². The summed E-state index contributed by atoms with van der Waals surface area (Å²) in [5.41, 5.74) is 9.35. The van der Waals surface area contributed by atoms with E-state index in [1.807, 2.05) is 66.2 Å². The van der Waals surface area contributed by atoms with Crippen LogP contribution in [0.25, 0.3) is 22.4 Å². The number of benzene rings is 3. The van der Waals surface area contributed by atoms with Crippen LogP contribution >= 0.6 is 11.6 Å². The Kier molecular flexibility index (Phi) is 9.68. The lowest BCUT2D eigenvalue weighted by atomic mass is 9.86. The van der Waals surface area contributed by atoms with E-state index >= 15 is 0 Å². The fraction of sp³-hybridized carbons (Fsp3) is 0.294. The van der Waals surface area contributed by atoms with E-state index in [0.29, 0.717) is 61.0 Å². The van der Waals surface area contributed by atoms with E-state index in [4.69, 9.17) is 27.2 Å². The average Bonchev–Trinajstić information content (AvgIpc) is 3.37. The topological polar surface area (TPSA) is 110 Å². The number of nitrogens with two attached hydrogens (primary N) is 1. The molecule has 44 heavy (non-hydrogen) atoms. The summed E-state index contributed by atoms with van der Waals surface area (Å²) in [6.07, 6.45) is 1.20. The average molecular weight is 619 g/mol. The van der Waals surface area contributed by atoms with E-state index in [1.165, 1.54) is 12.1 Å². The maximum Gasteiger partial charge on any atom is 0.270 e. The minimum absolute atomic E-state index is 0.0609. The maximum absolute atomic E-state index is 14.0. The molecule has 0 radical (unpaired) electrons. The molecule has 1 saturated heterocycles. The predicted molar refractivity (Wildman–Crippen MR) is 169 cm³/mol. The van der Waals surface area contributed by atoms with Crippen LogP contribution in [0.5, 0.6) is 5.75 Å². The van der Waals surface area contributed by atoms with Crippen LogP contribution in [-0.4, -0.2) is 58.2 Å². The molecular weight excluding hydrogens is 583 g/mol. The number of ether oxygens (including phenoxy) is 1. The van der Waals surface area contributed by atoms with Crippen molar-refractivity contribution in [2.24, 2.45) is 12.8 Å². The van der Waals surface area contributed by atoms with Gasteiger partial charge >= 0.3 is 0 Å². The van der Waals surface area contributed by atoms with Gasteiger partial charge in [0, 0.05) is 55.9 Å². The Morgan fingerprint density at radius 2 is 1.75 bits per heavy atom. The van der Waals surface area contributed by atoms with Crippen LogP contribution in [0.4, 0.5) is 4.39 Å². The van der Waals surface area contributed by atoms with Gasteiger partial charge in [0.25, 0.3) is 5.91 Å². The number of aliphatic hydroxyl groups is 1.